The molecule has 0 aliphatic carbocycles. The second-order valence-electron chi connectivity index (χ2n) is 6.01. The van der Waals surface area contributed by atoms with Crippen molar-refractivity contribution in [2.24, 2.45) is 5.73 Å². The molecule has 0 unspecified atom stereocenters. The number of benzene rings is 3. The molecule has 5 N–H and O–H groups in total. The maximum atomic E-state index is 14.5. The van der Waals surface area contributed by atoms with Crippen molar-refractivity contribution >= 4 is 34.1 Å². The highest BCUT2D eigenvalue weighted by Gasteiger charge is 2.17. The summed E-state index contributed by atoms with van der Waals surface area (Å²) in [7, 11) is 0. The number of nitrogens with zero attached hydrogens (tertiary/aromatic N) is 2. The van der Waals surface area contributed by atoms with Crippen LogP contribution in [0.15, 0.2) is 66.7 Å². The van der Waals surface area contributed by atoms with Crippen LogP contribution in [0.3, 0.4) is 0 Å². The molecular formula is C20H16FN5O. The molecule has 0 saturated carbocycles. The highest BCUT2D eigenvalue weighted by Crippen LogP contribution is 2.35. The van der Waals surface area contributed by atoms with Crippen LogP contribution in [0.1, 0.15) is 0 Å². The summed E-state index contributed by atoms with van der Waals surface area (Å²) in [6, 6.07) is 18.3. The average molecular weight is 361 g/mol. The number of primary amides is 1. The summed E-state index contributed by atoms with van der Waals surface area (Å²) >= 11 is 0. The van der Waals surface area contributed by atoms with Crippen LogP contribution in [0.25, 0.3) is 22.0 Å². The number of amides is 2. The molecule has 6 nitrogen and oxygen atoms in total. The molecule has 4 rings (SSSR count). The highest BCUT2D eigenvalue weighted by molar-refractivity contribution is 6.02. The highest BCUT2D eigenvalue weighted by atomic mass is 19.1. The Morgan fingerprint density at radius 3 is 2.30 bits per heavy atom. The molecule has 0 bridgehead atoms. The number of nitrogens with two attached hydrogens (primary N) is 2. The average Bonchev–Trinajstić information content (AvgIpc) is 3.04. The van der Waals surface area contributed by atoms with Crippen molar-refractivity contribution < 1.29 is 9.18 Å². The maximum absolute atomic E-state index is 14.5. The number of H-pyrrole nitrogens is 1. The van der Waals surface area contributed by atoms with Gasteiger partial charge in [-0.1, -0.05) is 30.3 Å². The molecule has 2 amide bonds. The number of rotatable bonds is 3. The first-order chi connectivity index (χ1) is 13.1. The fourth-order valence-corrected chi connectivity index (χ4v) is 3.15. The van der Waals surface area contributed by atoms with Crippen LogP contribution >= 0.6 is 0 Å². The van der Waals surface area contributed by atoms with Gasteiger partial charge in [0.1, 0.15) is 5.82 Å². The maximum Gasteiger partial charge on any atom is 0.323 e. The number of aromatic nitrogens is 2. The Kier molecular flexibility index (Phi) is 3.97. The van der Waals surface area contributed by atoms with Gasteiger partial charge in [-0.15, -0.1) is 0 Å². The Hall–Kier alpha value is -3.87. The zero-order chi connectivity index (χ0) is 19.0. The van der Waals surface area contributed by atoms with Crippen molar-refractivity contribution in [2.75, 3.05) is 10.6 Å². The van der Waals surface area contributed by atoms with Gasteiger partial charge in [-0.2, -0.15) is 5.10 Å². The lowest BCUT2D eigenvalue weighted by molar-refractivity contribution is 0.256. The van der Waals surface area contributed by atoms with E-state index in [1.165, 1.54) is 11.0 Å². The summed E-state index contributed by atoms with van der Waals surface area (Å²) in [5, 5.41) is 7.25. The second-order valence-corrected chi connectivity index (χ2v) is 6.01. The van der Waals surface area contributed by atoms with Gasteiger partial charge < -0.3 is 11.5 Å². The number of hydrogen-bond donors (Lipinski definition) is 3. The quantitative estimate of drug-likeness (QED) is 0.510. The first kappa shape index (κ1) is 16.6. The summed E-state index contributed by atoms with van der Waals surface area (Å²) < 4.78 is 14.5. The van der Waals surface area contributed by atoms with E-state index < -0.39 is 11.8 Å². The van der Waals surface area contributed by atoms with Gasteiger partial charge in [-0.05, 0) is 42.0 Å². The van der Waals surface area contributed by atoms with Gasteiger partial charge in [-0.3, -0.25) is 10.00 Å². The van der Waals surface area contributed by atoms with Crippen molar-refractivity contribution in [1.82, 2.24) is 10.2 Å². The van der Waals surface area contributed by atoms with Gasteiger partial charge in [0.2, 0.25) is 0 Å². The molecule has 27 heavy (non-hydrogen) atoms. The van der Waals surface area contributed by atoms with E-state index in [0.29, 0.717) is 33.4 Å². The molecule has 4 aromatic rings. The Balaban J connectivity index is 1.80. The molecule has 0 saturated heterocycles. The summed E-state index contributed by atoms with van der Waals surface area (Å²) in [5.74, 6) is -0.176. The lowest BCUT2D eigenvalue weighted by atomic mass is 10.00. The molecule has 1 heterocycles. The van der Waals surface area contributed by atoms with E-state index in [9.17, 15) is 9.18 Å². The summed E-state index contributed by atoms with van der Waals surface area (Å²) in [5.41, 5.74) is 14.3. The number of hydrogen-bond acceptors (Lipinski definition) is 3. The van der Waals surface area contributed by atoms with Crippen molar-refractivity contribution in [3.63, 3.8) is 0 Å². The predicted molar refractivity (Wildman–Crippen MR) is 104 cm³/mol. The van der Waals surface area contributed by atoms with Crippen molar-refractivity contribution in [3.8, 4) is 11.1 Å². The largest absolute Gasteiger partial charge is 0.382 e. The predicted octanol–water partition coefficient (Wildman–Crippen LogP) is 4.17. The van der Waals surface area contributed by atoms with Crippen LogP contribution < -0.4 is 16.4 Å². The molecule has 0 aliphatic rings. The van der Waals surface area contributed by atoms with Gasteiger partial charge in [0.05, 0.1) is 22.3 Å². The molecule has 7 heteroatoms. The van der Waals surface area contributed by atoms with Crippen LogP contribution in [0.5, 0.6) is 0 Å². The van der Waals surface area contributed by atoms with E-state index in [4.69, 9.17) is 11.5 Å². The Morgan fingerprint density at radius 1 is 0.963 bits per heavy atom. The van der Waals surface area contributed by atoms with E-state index in [1.54, 1.807) is 42.5 Å². The number of carbonyl (C=O) groups is 1. The van der Waals surface area contributed by atoms with Crippen molar-refractivity contribution in [2.45, 2.75) is 0 Å². The fourth-order valence-electron chi connectivity index (χ4n) is 3.15. The second kappa shape index (κ2) is 6.45. The Labute approximate surface area is 154 Å². The molecule has 1 aromatic heterocycles. The monoisotopic (exact) mass is 361 g/mol. The van der Waals surface area contributed by atoms with Gasteiger partial charge in [-0.25, -0.2) is 9.18 Å². The molecule has 0 atom stereocenters. The lowest BCUT2D eigenvalue weighted by Gasteiger charge is -2.21. The number of nitrogen functional groups attached to an aromatic ring is 1. The summed E-state index contributed by atoms with van der Waals surface area (Å²) in [6.07, 6.45) is 0. The minimum atomic E-state index is -0.610. The van der Waals surface area contributed by atoms with E-state index in [2.05, 4.69) is 10.2 Å². The van der Waals surface area contributed by atoms with Crippen LogP contribution in [0.4, 0.5) is 26.4 Å². The van der Waals surface area contributed by atoms with Gasteiger partial charge >= 0.3 is 6.03 Å². The van der Waals surface area contributed by atoms with Crippen molar-refractivity contribution in [3.05, 3.63) is 72.5 Å². The van der Waals surface area contributed by atoms with Crippen LogP contribution in [-0.2, 0) is 0 Å². The van der Waals surface area contributed by atoms with Gasteiger partial charge in [0, 0.05) is 5.56 Å². The third-order valence-corrected chi connectivity index (χ3v) is 4.36. The van der Waals surface area contributed by atoms with E-state index >= 15 is 0 Å². The summed E-state index contributed by atoms with van der Waals surface area (Å²) in [4.78, 5) is 13.3. The molecular weight excluding hydrogens is 345 g/mol. The third-order valence-electron chi connectivity index (χ3n) is 4.36. The van der Waals surface area contributed by atoms with E-state index in [-0.39, 0.29) is 5.82 Å². The molecule has 0 radical (unpaired) electrons. The molecule has 0 spiro atoms. The standard InChI is InChI=1S/C20H16FN5O/c21-15-10-11-16-18(19(22)25-24-16)17(15)12-6-8-14(9-7-12)26(20(23)27)13-4-2-1-3-5-13/h1-11H,(H2,23,27)(H3,22,24,25). The fraction of sp³-hybridized carbons (Fsp3) is 0. The van der Waals surface area contributed by atoms with Crippen LogP contribution in [0, 0.1) is 5.82 Å². The Morgan fingerprint density at radius 2 is 1.63 bits per heavy atom. The summed E-state index contributed by atoms with van der Waals surface area (Å²) in [6.45, 7) is 0. The molecule has 3 aromatic carbocycles. The molecule has 0 aliphatic heterocycles. The minimum Gasteiger partial charge on any atom is -0.382 e. The smallest absolute Gasteiger partial charge is 0.323 e. The number of carbonyl (C=O) groups excluding carboxylic acids is 1. The number of nitrogens with one attached hydrogen (secondary N) is 1. The molecule has 134 valence electrons. The SMILES string of the molecule is NC(=O)N(c1ccccc1)c1ccc(-c2c(F)ccc3[nH]nc(N)c23)cc1. The number of aromatic amines is 1. The number of urea groups is 1. The normalized spacial score (nSPS) is 10.9. The lowest BCUT2D eigenvalue weighted by Crippen LogP contribution is -2.31. The minimum absolute atomic E-state index is 0.228. The number of fused-ring (bicyclic) bond motifs is 1. The number of halogens is 1. The van der Waals surface area contributed by atoms with E-state index in [1.807, 2.05) is 18.2 Å². The number of anilines is 3. The first-order valence-corrected chi connectivity index (χ1v) is 8.23. The molecule has 0 fully saturated rings. The zero-order valence-electron chi connectivity index (χ0n) is 14.2. The van der Waals surface area contributed by atoms with Crippen LogP contribution in [-0.4, -0.2) is 16.2 Å². The number of para-hydroxylation sites is 1. The zero-order valence-corrected chi connectivity index (χ0v) is 14.2. The first-order valence-electron chi connectivity index (χ1n) is 8.23. The van der Waals surface area contributed by atoms with Crippen LogP contribution in [0.2, 0.25) is 0 Å². The van der Waals surface area contributed by atoms with Gasteiger partial charge in [0.15, 0.2) is 5.82 Å². The third kappa shape index (κ3) is 2.85. The topological polar surface area (TPSA) is 101 Å². The van der Waals surface area contributed by atoms with E-state index in [0.717, 1.165) is 0 Å². The van der Waals surface area contributed by atoms with Gasteiger partial charge in [0.25, 0.3) is 0 Å². The Bertz CT molecular complexity index is 1120. The van der Waals surface area contributed by atoms with Crippen molar-refractivity contribution in [1.29, 1.82) is 0 Å².